The van der Waals surface area contributed by atoms with Crippen molar-refractivity contribution in [3.05, 3.63) is 18.1 Å². The van der Waals surface area contributed by atoms with Gasteiger partial charge in [-0.25, -0.2) is 9.97 Å². The van der Waals surface area contributed by atoms with Crippen LogP contribution in [-0.4, -0.2) is 46.1 Å². The van der Waals surface area contributed by atoms with Gasteiger partial charge in [0.1, 0.15) is 0 Å². The lowest BCUT2D eigenvalue weighted by Gasteiger charge is -2.35. The quantitative estimate of drug-likeness (QED) is 0.758. The SMILES string of the molecule is C[C@H]1CN(C(=O)c2nccnc2N)C[C@H](C)O1. The van der Waals surface area contributed by atoms with Gasteiger partial charge in [0.2, 0.25) is 0 Å². The Morgan fingerprint density at radius 3 is 2.53 bits per heavy atom. The maximum Gasteiger partial charge on any atom is 0.276 e. The summed E-state index contributed by atoms with van der Waals surface area (Å²) in [6, 6.07) is 0. The number of carbonyl (C=O) groups excluding carboxylic acids is 1. The van der Waals surface area contributed by atoms with Gasteiger partial charge in [0.15, 0.2) is 11.5 Å². The number of aromatic nitrogens is 2. The molecule has 0 aliphatic carbocycles. The summed E-state index contributed by atoms with van der Waals surface area (Å²) in [6.07, 6.45) is 2.99. The predicted octanol–water partition coefficient (Wildman–Crippen LogP) is 0.308. The zero-order valence-corrected chi connectivity index (χ0v) is 9.96. The van der Waals surface area contributed by atoms with E-state index in [-0.39, 0.29) is 29.6 Å². The highest BCUT2D eigenvalue weighted by atomic mass is 16.5. The summed E-state index contributed by atoms with van der Waals surface area (Å²) < 4.78 is 5.57. The Morgan fingerprint density at radius 1 is 1.35 bits per heavy atom. The smallest absolute Gasteiger partial charge is 0.276 e. The number of carbonyl (C=O) groups is 1. The van der Waals surface area contributed by atoms with E-state index >= 15 is 0 Å². The number of nitrogens with zero attached hydrogens (tertiary/aromatic N) is 3. The third-order valence-corrected chi connectivity index (χ3v) is 2.64. The van der Waals surface area contributed by atoms with Gasteiger partial charge in [0.25, 0.3) is 5.91 Å². The summed E-state index contributed by atoms with van der Waals surface area (Å²) in [5.74, 6) is -0.0121. The molecule has 1 fully saturated rings. The fourth-order valence-electron chi connectivity index (χ4n) is 2.01. The first-order chi connectivity index (χ1) is 8.08. The number of morpholine rings is 1. The average Bonchev–Trinajstić information content (AvgIpc) is 2.27. The molecule has 0 spiro atoms. The molecule has 17 heavy (non-hydrogen) atoms. The van der Waals surface area contributed by atoms with Gasteiger partial charge in [-0.1, -0.05) is 0 Å². The molecule has 2 heterocycles. The van der Waals surface area contributed by atoms with Crippen molar-refractivity contribution in [3.63, 3.8) is 0 Å². The number of nitrogen functional groups attached to an aromatic ring is 1. The maximum atomic E-state index is 12.2. The Bertz CT molecular complexity index is 414. The van der Waals surface area contributed by atoms with Crippen LogP contribution in [0, 0.1) is 0 Å². The molecule has 1 aliphatic heterocycles. The Labute approximate surface area is 99.8 Å². The topological polar surface area (TPSA) is 81.3 Å². The molecule has 0 bridgehead atoms. The van der Waals surface area contributed by atoms with Crippen molar-refractivity contribution >= 4 is 11.7 Å². The van der Waals surface area contributed by atoms with E-state index < -0.39 is 0 Å². The first-order valence-electron chi connectivity index (χ1n) is 5.59. The monoisotopic (exact) mass is 236 g/mol. The lowest BCUT2D eigenvalue weighted by atomic mass is 10.2. The Kier molecular flexibility index (Phi) is 3.23. The first-order valence-corrected chi connectivity index (χ1v) is 5.59. The number of hydrogen-bond acceptors (Lipinski definition) is 5. The number of hydrogen-bond donors (Lipinski definition) is 1. The van der Waals surface area contributed by atoms with E-state index in [1.54, 1.807) is 4.90 Å². The van der Waals surface area contributed by atoms with Gasteiger partial charge in [-0.3, -0.25) is 4.79 Å². The summed E-state index contributed by atoms with van der Waals surface area (Å²) in [5.41, 5.74) is 5.86. The van der Waals surface area contributed by atoms with Crippen LogP contribution in [0.15, 0.2) is 12.4 Å². The van der Waals surface area contributed by atoms with Crippen molar-refractivity contribution in [2.75, 3.05) is 18.8 Å². The van der Waals surface area contributed by atoms with Crippen LogP contribution >= 0.6 is 0 Å². The molecular formula is C11H16N4O2. The molecule has 0 radical (unpaired) electrons. The summed E-state index contributed by atoms with van der Waals surface area (Å²) in [7, 11) is 0. The van der Waals surface area contributed by atoms with Gasteiger partial charge in [-0.15, -0.1) is 0 Å². The van der Waals surface area contributed by atoms with Crippen LogP contribution in [0.4, 0.5) is 5.82 Å². The van der Waals surface area contributed by atoms with Gasteiger partial charge in [0, 0.05) is 25.5 Å². The molecule has 2 rings (SSSR count). The average molecular weight is 236 g/mol. The number of ether oxygens (including phenoxy) is 1. The van der Waals surface area contributed by atoms with Gasteiger partial charge >= 0.3 is 0 Å². The molecule has 1 saturated heterocycles. The van der Waals surface area contributed by atoms with Crippen molar-refractivity contribution in [2.45, 2.75) is 26.1 Å². The standard InChI is InChI=1S/C11H16N4O2/c1-7-5-15(6-8(2)17-7)11(16)9-10(12)14-4-3-13-9/h3-4,7-8H,5-6H2,1-2H3,(H2,12,14)/t7-,8-/m0/s1. The number of nitrogens with two attached hydrogens (primary N) is 1. The molecule has 1 amide bonds. The lowest BCUT2D eigenvalue weighted by molar-refractivity contribution is -0.0587. The van der Waals surface area contributed by atoms with E-state index in [2.05, 4.69) is 9.97 Å². The van der Waals surface area contributed by atoms with Crippen LogP contribution in [0.3, 0.4) is 0 Å². The molecule has 6 nitrogen and oxygen atoms in total. The molecule has 1 aromatic heterocycles. The molecule has 0 saturated carbocycles. The number of rotatable bonds is 1. The fourth-order valence-corrected chi connectivity index (χ4v) is 2.01. The van der Waals surface area contributed by atoms with Gasteiger partial charge in [0.05, 0.1) is 12.2 Å². The molecule has 1 aromatic rings. The highest BCUT2D eigenvalue weighted by Gasteiger charge is 2.28. The molecule has 0 aromatic carbocycles. The van der Waals surface area contributed by atoms with Crippen molar-refractivity contribution < 1.29 is 9.53 Å². The third-order valence-electron chi connectivity index (χ3n) is 2.64. The van der Waals surface area contributed by atoms with Crippen molar-refractivity contribution in [2.24, 2.45) is 0 Å². The maximum absolute atomic E-state index is 12.2. The van der Waals surface area contributed by atoms with E-state index in [4.69, 9.17) is 10.5 Å². The molecule has 6 heteroatoms. The molecular weight excluding hydrogens is 220 g/mol. The Morgan fingerprint density at radius 2 is 1.94 bits per heavy atom. The predicted molar refractivity (Wildman–Crippen MR) is 62.4 cm³/mol. The normalized spacial score (nSPS) is 24.7. The second kappa shape index (κ2) is 4.67. The molecule has 2 atom stereocenters. The van der Waals surface area contributed by atoms with E-state index in [0.717, 1.165) is 0 Å². The fraction of sp³-hybridized carbons (Fsp3) is 0.545. The van der Waals surface area contributed by atoms with E-state index in [0.29, 0.717) is 13.1 Å². The summed E-state index contributed by atoms with van der Waals surface area (Å²) in [5, 5.41) is 0. The summed E-state index contributed by atoms with van der Waals surface area (Å²) in [4.78, 5) is 21.8. The molecule has 1 aliphatic rings. The van der Waals surface area contributed by atoms with Crippen LogP contribution in [-0.2, 0) is 4.74 Å². The van der Waals surface area contributed by atoms with Crippen molar-refractivity contribution in [1.29, 1.82) is 0 Å². The zero-order chi connectivity index (χ0) is 12.4. The Balaban J connectivity index is 2.17. The van der Waals surface area contributed by atoms with Crippen LogP contribution in [0.1, 0.15) is 24.3 Å². The largest absolute Gasteiger partial charge is 0.382 e. The number of amides is 1. The summed E-state index contributed by atoms with van der Waals surface area (Å²) >= 11 is 0. The lowest BCUT2D eigenvalue weighted by Crippen LogP contribution is -2.48. The minimum absolute atomic E-state index is 0.0283. The van der Waals surface area contributed by atoms with Gasteiger partial charge < -0.3 is 15.4 Å². The second-order valence-corrected chi connectivity index (χ2v) is 4.26. The van der Waals surface area contributed by atoms with Gasteiger partial charge in [-0.2, -0.15) is 0 Å². The minimum atomic E-state index is -0.183. The highest BCUT2D eigenvalue weighted by Crippen LogP contribution is 2.15. The number of anilines is 1. The zero-order valence-electron chi connectivity index (χ0n) is 9.96. The first kappa shape index (κ1) is 11.8. The summed E-state index contributed by atoms with van der Waals surface area (Å²) in [6.45, 7) is 4.99. The second-order valence-electron chi connectivity index (χ2n) is 4.26. The van der Waals surface area contributed by atoms with Crippen LogP contribution < -0.4 is 5.73 Å². The van der Waals surface area contributed by atoms with Crippen molar-refractivity contribution in [3.8, 4) is 0 Å². The van der Waals surface area contributed by atoms with Crippen molar-refractivity contribution in [1.82, 2.24) is 14.9 Å². The molecule has 2 N–H and O–H groups in total. The third kappa shape index (κ3) is 2.52. The van der Waals surface area contributed by atoms with Crippen LogP contribution in [0.25, 0.3) is 0 Å². The Hall–Kier alpha value is -1.69. The van der Waals surface area contributed by atoms with Crippen LogP contribution in [0.2, 0.25) is 0 Å². The highest BCUT2D eigenvalue weighted by molar-refractivity contribution is 5.96. The van der Waals surface area contributed by atoms with E-state index in [9.17, 15) is 4.79 Å². The van der Waals surface area contributed by atoms with Gasteiger partial charge in [-0.05, 0) is 13.8 Å². The molecule has 92 valence electrons. The molecule has 0 unspecified atom stereocenters. The van der Waals surface area contributed by atoms with E-state index in [1.165, 1.54) is 12.4 Å². The van der Waals surface area contributed by atoms with Crippen LogP contribution in [0.5, 0.6) is 0 Å². The minimum Gasteiger partial charge on any atom is -0.382 e. The van der Waals surface area contributed by atoms with E-state index in [1.807, 2.05) is 13.8 Å².